The SMILES string of the molecule is Cc1cc(C)cc(-c2cc(CC(C)C)c3cc(C)ccc3c2)c1. The predicted octanol–water partition coefficient (Wildman–Crippen LogP) is 6.63. The molecule has 3 aromatic rings. The normalized spacial score (nSPS) is 11.4. The monoisotopic (exact) mass is 302 g/mol. The highest BCUT2D eigenvalue weighted by atomic mass is 14.1. The summed E-state index contributed by atoms with van der Waals surface area (Å²) in [6.07, 6.45) is 1.12. The average Bonchev–Trinajstić information content (AvgIpc) is 2.46. The Morgan fingerprint density at radius 3 is 2.00 bits per heavy atom. The Bertz CT molecular complexity index is 833. The van der Waals surface area contributed by atoms with Gasteiger partial charge in [-0.3, -0.25) is 0 Å². The van der Waals surface area contributed by atoms with E-state index in [9.17, 15) is 0 Å². The maximum absolute atomic E-state index is 2.40. The third kappa shape index (κ3) is 3.47. The van der Waals surface area contributed by atoms with Gasteiger partial charge >= 0.3 is 0 Å². The molecular formula is C23H26. The molecule has 0 heteroatoms. The topological polar surface area (TPSA) is 0 Å². The van der Waals surface area contributed by atoms with E-state index in [1.54, 1.807) is 0 Å². The van der Waals surface area contributed by atoms with Crippen molar-refractivity contribution in [3.05, 3.63) is 70.8 Å². The standard InChI is InChI=1S/C23H26/c1-15(2)8-22-14-21(20-10-17(4)9-18(5)11-20)13-19-7-6-16(3)12-23(19)22/h6-7,9-15H,8H2,1-5H3. The van der Waals surface area contributed by atoms with Gasteiger partial charge in [-0.1, -0.05) is 73.0 Å². The molecule has 0 aliphatic rings. The van der Waals surface area contributed by atoms with Crippen LogP contribution in [0.3, 0.4) is 0 Å². The van der Waals surface area contributed by atoms with E-state index in [1.165, 1.54) is 44.2 Å². The van der Waals surface area contributed by atoms with Crippen LogP contribution in [0.25, 0.3) is 21.9 Å². The molecule has 0 aliphatic heterocycles. The zero-order valence-electron chi connectivity index (χ0n) is 14.9. The second-order valence-corrected chi connectivity index (χ2v) is 7.33. The van der Waals surface area contributed by atoms with Crippen molar-refractivity contribution in [2.45, 2.75) is 41.0 Å². The molecule has 0 amide bonds. The van der Waals surface area contributed by atoms with Crippen molar-refractivity contribution < 1.29 is 0 Å². The molecule has 3 aromatic carbocycles. The summed E-state index contributed by atoms with van der Waals surface area (Å²) in [6, 6.07) is 18.4. The largest absolute Gasteiger partial charge is 0.0625 e. The van der Waals surface area contributed by atoms with E-state index in [0.717, 1.165) is 6.42 Å². The van der Waals surface area contributed by atoms with Gasteiger partial charge in [-0.05, 0) is 66.6 Å². The molecule has 0 bridgehead atoms. The van der Waals surface area contributed by atoms with Crippen molar-refractivity contribution >= 4 is 10.8 Å². The first kappa shape index (κ1) is 15.8. The van der Waals surface area contributed by atoms with E-state index < -0.39 is 0 Å². The molecule has 0 aromatic heterocycles. The zero-order chi connectivity index (χ0) is 16.6. The van der Waals surface area contributed by atoms with Crippen molar-refractivity contribution in [1.82, 2.24) is 0 Å². The maximum Gasteiger partial charge on any atom is -0.0149 e. The molecule has 0 fully saturated rings. The lowest BCUT2D eigenvalue weighted by atomic mass is 9.91. The number of hydrogen-bond acceptors (Lipinski definition) is 0. The lowest BCUT2D eigenvalue weighted by Gasteiger charge is -2.14. The molecule has 0 nitrogen and oxygen atoms in total. The summed E-state index contributed by atoms with van der Waals surface area (Å²) < 4.78 is 0. The molecule has 0 atom stereocenters. The molecule has 0 aliphatic carbocycles. The number of hydrogen-bond donors (Lipinski definition) is 0. The van der Waals surface area contributed by atoms with Crippen LogP contribution in [0.4, 0.5) is 0 Å². The minimum atomic E-state index is 0.660. The van der Waals surface area contributed by atoms with Crippen LogP contribution >= 0.6 is 0 Å². The fraction of sp³-hybridized carbons (Fsp3) is 0.304. The van der Waals surface area contributed by atoms with Gasteiger partial charge in [-0.15, -0.1) is 0 Å². The van der Waals surface area contributed by atoms with Crippen LogP contribution in [0.15, 0.2) is 48.5 Å². The van der Waals surface area contributed by atoms with Gasteiger partial charge in [0, 0.05) is 0 Å². The van der Waals surface area contributed by atoms with Crippen LogP contribution in [0.1, 0.15) is 36.1 Å². The fourth-order valence-electron chi connectivity index (χ4n) is 3.47. The molecule has 0 saturated carbocycles. The maximum atomic E-state index is 2.40. The summed E-state index contributed by atoms with van der Waals surface area (Å²) in [4.78, 5) is 0. The van der Waals surface area contributed by atoms with Gasteiger partial charge in [0.25, 0.3) is 0 Å². The number of fused-ring (bicyclic) bond motifs is 1. The highest BCUT2D eigenvalue weighted by molar-refractivity contribution is 5.91. The third-order valence-electron chi connectivity index (χ3n) is 4.38. The Labute approximate surface area is 140 Å². The predicted molar refractivity (Wildman–Crippen MR) is 102 cm³/mol. The smallest absolute Gasteiger partial charge is 0.0149 e. The summed E-state index contributed by atoms with van der Waals surface area (Å²) in [5.74, 6) is 0.660. The van der Waals surface area contributed by atoms with Gasteiger partial charge in [-0.2, -0.15) is 0 Å². The van der Waals surface area contributed by atoms with Crippen molar-refractivity contribution in [2.24, 2.45) is 5.92 Å². The lowest BCUT2D eigenvalue weighted by Crippen LogP contribution is -1.97. The summed E-state index contributed by atoms with van der Waals surface area (Å²) in [6.45, 7) is 11.1. The second-order valence-electron chi connectivity index (χ2n) is 7.33. The summed E-state index contributed by atoms with van der Waals surface area (Å²) in [5, 5.41) is 2.76. The van der Waals surface area contributed by atoms with Gasteiger partial charge < -0.3 is 0 Å². The minimum absolute atomic E-state index is 0.660. The van der Waals surface area contributed by atoms with Crippen LogP contribution in [0, 0.1) is 26.7 Å². The Kier molecular flexibility index (Phi) is 4.26. The highest BCUT2D eigenvalue weighted by Crippen LogP contribution is 2.31. The Balaban J connectivity index is 2.23. The van der Waals surface area contributed by atoms with E-state index in [4.69, 9.17) is 0 Å². The minimum Gasteiger partial charge on any atom is -0.0625 e. The van der Waals surface area contributed by atoms with E-state index >= 15 is 0 Å². The third-order valence-corrected chi connectivity index (χ3v) is 4.38. The molecule has 0 radical (unpaired) electrons. The Hall–Kier alpha value is -2.08. The molecule has 23 heavy (non-hydrogen) atoms. The van der Waals surface area contributed by atoms with E-state index in [-0.39, 0.29) is 0 Å². The molecule has 0 N–H and O–H groups in total. The van der Waals surface area contributed by atoms with Crippen LogP contribution < -0.4 is 0 Å². The van der Waals surface area contributed by atoms with Gasteiger partial charge in [-0.25, -0.2) is 0 Å². The molecule has 118 valence electrons. The summed E-state index contributed by atoms with van der Waals surface area (Å²) >= 11 is 0. The number of benzene rings is 3. The summed E-state index contributed by atoms with van der Waals surface area (Å²) in [7, 11) is 0. The zero-order valence-corrected chi connectivity index (χ0v) is 14.9. The molecule has 0 spiro atoms. The highest BCUT2D eigenvalue weighted by Gasteiger charge is 2.09. The molecular weight excluding hydrogens is 276 g/mol. The lowest BCUT2D eigenvalue weighted by molar-refractivity contribution is 0.650. The Morgan fingerprint density at radius 2 is 1.35 bits per heavy atom. The molecule has 0 saturated heterocycles. The van der Waals surface area contributed by atoms with Gasteiger partial charge in [0.2, 0.25) is 0 Å². The fourth-order valence-corrected chi connectivity index (χ4v) is 3.47. The van der Waals surface area contributed by atoms with E-state index in [0.29, 0.717) is 5.92 Å². The van der Waals surface area contributed by atoms with Crippen molar-refractivity contribution in [3.63, 3.8) is 0 Å². The molecule has 3 rings (SSSR count). The van der Waals surface area contributed by atoms with E-state index in [1.807, 2.05) is 0 Å². The van der Waals surface area contributed by atoms with Crippen LogP contribution in [-0.4, -0.2) is 0 Å². The van der Waals surface area contributed by atoms with Crippen molar-refractivity contribution in [2.75, 3.05) is 0 Å². The number of rotatable bonds is 3. The number of aryl methyl sites for hydroxylation is 3. The quantitative estimate of drug-likeness (QED) is 0.509. The Morgan fingerprint density at radius 1 is 0.696 bits per heavy atom. The van der Waals surface area contributed by atoms with Crippen molar-refractivity contribution in [1.29, 1.82) is 0 Å². The second kappa shape index (κ2) is 6.20. The van der Waals surface area contributed by atoms with Crippen molar-refractivity contribution in [3.8, 4) is 11.1 Å². The first-order valence-electron chi connectivity index (χ1n) is 8.54. The summed E-state index contributed by atoms with van der Waals surface area (Å²) in [5.41, 5.74) is 8.12. The van der Waals surface area contributed by atoms with Crippen LogP contribution in [0.5, 0.6) is 0 Å². The van der Waals surface area contributed by atoms with E-state index in [2.05, 4.69) is 83.1 Å². The van der Waals surface area contributed by atoms with Crippen LogP contribution in [0.2, 0.25) is 0 Å². The molecule has 0 heterocycles. The first-order chi connectivity index (χ1) is 10.9. The van der Waals surface area contributed by atoms with Gasteiger partial charge in [0.1, 0.15) is 0 Å². The van der Waals surface area contributed by atoms with Crippen LogP contribution in [-0.2, 0) is 6.42 Å². The molecule has 0 unspecified atom stereocenters. The van der Waals surface area contributed by atoms with Gasteiger partial charge in [0.05, 0.1) is 0 Å². The van der Waals surface area contributed by atoms with Gasteiger partial charge in [0.15, 0.2) is 0 Å². The first-order valence-corrected chi connectivity index (χ1v) is 8.54. The average molecular weight is 302 g/mol.